The molecule has 0 aliphatic carbocycles. The highest BCUT2D eigenvalue weighted by atomic mass is 35.5. The summed E-state index contributed by atoms with van der Waals surface area (Å²) < 4.78 is 11.4. The van der Waals surface area contributed by atoms with Crippen LogP contribution in [0.4, 0.5) is 0 Å². The molecule has 106 valence electrons. The van der Waals surface area contributed by atoms with Gasteiger partial charge in [-0.25, -0.2) is 0 Å². The Balaban J connectivity index is 1.92. The van der Waals surface area contributed by atoms with Crippen molar-refractivity contribution in [2.75, 3.05) is 0 Å². The highest BCUT2D eigenvalue weighted by molar-refractivity contribution is 7.87. The standard InChI is InChI=1S/C16H17ClO2S/c17-16(20(19)14-9-5-2-6-10-14)15(18)12-11-13-7-3-1-4-8-13/h1-10,15-16,18H,11-12H2. The van der Waals surface area contributed by atoms with Gasteiger partial charge in [0.15, 0.2) is 0 Å². The average Bonchev–Trinajstić information content (AvgIpc) is 2.53. The summed E-state index contributed by atoms with van der Waals surface area (Å²) in [4.78, 5) is 0.645. The quantitative estimate of drug-likeness (QED) is 0.831. The van der Waals surface area contributed by atoms with Crippen LogP contribution in [0.15, 0.2) is 65.6 Å². The van der Waals surface area contributed by atoms with E-state index in [1.807, 2.05) is 48.5 Å². The molecule has 0 aliphatic heterocycles. The monoisotopic (exact) mass is 308 g/mol. The zero-order valence-corrected chi connectivity index (χ0v) is 12.6. The summed E-state index contributed by atoms with van der Waals surface area (Å²) in [6, 6.07) is 18.9. The summed E-state index contributed by atoms with van der Waals surface area (Å²) in [7, 11) is -1.40. The van der Waals surface area contributed by atoms with E-state index in [1.165, 1.54) is 0 Å². The minimum atomic E-state index is -1.40. The molecule has 2 aromatic carbocycles. The minimum absolute atomic E-state index is 0.497. The van der Waals surface area contributed by atoms with Gasteiger partial charge in [0.2, 0.25) is 0 Å². The number of aliphatic hydroxyl groups is 1. The summed E-state index contributed by atoms with van der Waals surface area (Å²) in [6.45, 7) is 0. The van der Waals surface area contributed by atoms with Crippen LogP contribution >= 0.6 is 11.6 Å². The molecular weight excluding hydrogens is 292 g/mol. The first-order valence-corrected chi connectivity index (χ1v) is 8.15. The van der Waals surface area contributed by atoms with Crippen molar-refractivity contribution >= 4 is 22.4 Å². The first kappa shape index (κ1) is 15.2. The van der Waals surface area contributed by atoms with E-state index in [0.717, 1.165) is 12.0 Å². The zero-order valence-electron chi connectivity index (χ0n) is 11.0. The second kappa shape index (κ2) is 7.58. The van der Waals surface area contributed by atoms with Gasteiger partial charge in [-0.1, -0.05) is 48.5 Å². The van der Waals surface area contributed by atoms with Crippen molar-refractivity contribution in [2.45, 2.75) is 28.6 Å². The number of hydrogen-bond acceptors (Lipinski definition) is 2. The predicted octanol–water partition coefficient (Wildman–Crippen LogP) is 3.35. The first-order valence-electron chi connectivity index (χ1n) is 6.50. The molecule has 0 saturated heterocycles. The third-order valence-electron chi connectivity index (χ3n) is 3.05. The Morgan fingerprint density at radius 2 is 1.55 bits per heavy atom. The second-order valence-electron chi connectivity index (χ2n) is 4.55. The Kier molecular flexibility index (Phi) is 5.77. The number of aliphatic hydroxyl groups excluding tert-OH is 1. The summed E-state index contributed by atoms with van der Waals surface area (Å²) in [5.41, 5.74) is 1.14. The van der Waals surface area contributed by atoms with Gasteiger partial charge in [0.05, 0.1) is 16.9 Å². The van der Waals surface area contributed by atoms with Gasteiger partial charge in [0.25, 0.3) is 0 Å². The molecule has 2 nitrogen and oxygen atoms in total. The summed E-state index contributed by atoms with van der Waals surface area (Å²) in [5.74, 6) is 0. The highest BCUT2D eigenvalue weighted by Gasteiger charge is 2.23. The van der Waals surface area contributed by atoms with Crippen LogP contribution in [0.25, 0.3) is 0 Å². The molecule has 3 atom stereocenters. The van der Waals surface area contributed by atoms with E-state index < -0.39 is 21.6 Å². The maximum Gasteiger partial charge on any atom is 0.139 e. The maximum atomic E-state index is 12.2. The molecule has 2 aromatic rings. The Bertz CT molecular complexity index is 545. The minimum Gasteiger partial charge on any atom is -0.391 e. The zero-order chi connectivity index (χ0) is 14.4. The second-order valence-corrected chi connectivity index (χ2v) is 6.86. The Morgan fingerprint density at radius 1 is 1.00 bits per heavy atom. The topological polar surface area (TPSA) is 37.3 Å². The van der Waals surface area contributed by atoms with Gasteiger partial charge >= 0.3 is 0 Å². The fraction of sp³-hybridized carbons (Fsp3) is 0.250. The predicted molar refractivity (Wildman–Crippen MR) is 83.3 cm³/mol. The fourth-order valence-corrected chi connectivity index (χ4v) is 3.46. The number of alkyl halides is 1. The van der Waals surface area contributed by atoms with Crippen LogP contribution in [-0.2, 0) is 17.2 Å². The van der Waals surface area contributed by atoms with E-state index in [0.29, 0.717) is 11.3 Å². The molecule has 4 heteroatoms. The van der Waals surface area contributed by atoms with E-state index in [9.17, 15) is 9.32 Å². The molecule has 0 spiro atoms. The van der Waals surface area contributed by atoms with Gasteiger partial charge < -0.3 is 5.11 Å². The lowest BCUT2D eigenvalue weighted by molar-refractivity contribution is 0.179. The first-order chi connectivity index (χ1) is 9.68. The summed E-state index contributed by atoms with van der Waals surface area (Å²) in [6.07, 6.45) is 0.423. The van der Waals surface area contributed by atoms with Gasteiger partial charge in [0.1, 0.15) is 4.71 Å². The van der Waals surface area contributed by atoms with Crippen molar-refractivity contribution in [1.29, 1.82) is 0 Å². The van der Waals surface area contributed by atoms with Gasteiger partial charge in [-0.2, -0.15) is 0 Å². The van der Waals surface area contributed by atoms with Gasteiger partial charge in [-0.3, -0.25) is 4.21 Å². The van der Waals surface area contributed by atoms with E-state index in [2.05, 4.69) is 0 Å². The lowest BCUT2D eigenvalue weighted by Crippen LogP contribution is -2.26. The van der Waals surface area contributed by atoms with Crippen LogP contribution < -0.4 is 0 Å². The third kappa shape index (κ3) is 4.17. The van der Waals surface area contributed by atoms with Crippen molar-refractivity contribution in [3.8, 4) is 0 Å². The van der Waals surface area contributed by atoms with Crippen LogP contribution in [-0.4, -0.2) is 20.1 Å². The summed E-state index contributed by atoms with van der Waals surface area (Å²) in [5, 5.41) is 10.1. The van der Waals surface area contributed by atoms with Crippen molar-refractivity contribution in [3.63, 3.8) is 0 Å². The molecule has 0 aromatic heterocycles. The molecule has 2 rings (SSSR count). The van der Waals surface area contributed by atoms with Crippen LogP contribution in [0.2, 0.25) is 0 Å². The van der Waals surface area contributed by atoms with E-state index in [1.54, 1.807) is 12.1 Å². The number of halogens is 1. The molecule has 0 bridgehead atoms. The lowest BCUT2D eigenvalue weighted by Gasteiger charge is -2.16. The molecule has 0 fully saturated rings. The van der Waals surface area contributed by atoms with Crippen LogP contribution in [0.1, 0.15) is 12.0 Å². The van der Waals surface area contributed by atoms with Gasteiger partial charge in [-0.05, 0) is 30.5 Å². The number of benzene rings is 2. The van der Waals surface area contributed by atoms with Crippen molar-refractivity contribution in [1.82, 2.24) is 0 Å². The molecule has 1 N–H and O–H groups in total. The van der Waals surface area contributed by atoms with Crippen molar-refractivity contribution in [3.05, 3.63) is 66.2 Å². The smallest absolute Gasteiger partial charge is 0.139 e. The SMILES string of the molecule is O=S(c1ccccc1)C(Cl)C(O)CCc1ccccc1. The largest absolute Gasteiger partial charge is 0.391 e. The maximum absolute atomic E-state index is 12.2. The Morgan fingerprint density at radius 3 is 2.15 bits per heavy atom. The van der Waals surface area contributed by atoms with Crippen molar-refractivity contribution < 1.29 is 9.32 Å². The highest BCUT2D eigenvalue weighted by Crippen LogP contribution is 2.20. The number of rotatable bonds is 6. The fourth-order valence-electron chi connectivity index (χ4n) is 1.92. The molecule has 0 heterocycles. The molecule has 0 amide bonds. The van der Waals surface area contributed by atoms with Gasteiger partial charge in [0, 0.05) is 4.90 Å². The van der Waals surface area contributed by atoms with Crippen LogP contribution in [0.3, 0.4) is 0 Å². The molecule has 0 saturated carbocycles. The molecule has 3 unspecified atom stereocenters. The molecular formula is C16H17ClO2S. The molecule has 0 aliphatic rings. The lowest BCUT2D eigenvalue weighted by atomic mass is 10.1. The normalized spacial score (nSPS) is 15.5. The van der Waals surface area contributed by atoms with Crippen molar-refractivity contribution in [2.24, 2.45) is 0 Å². The molecule has 0 radical (unpaired) electrons. The Labute approximate surface area is 126 Å². The summed E-state index contributed by atoms with van der Waals surface area (Å²) >= 11 is 6.13. The Hall–Kier alpha value is -1.16. The third-order valence-corrected chi connectivity index (χ3v) is 5.29. The van der Waals surface area contributed by atoms with E-state index >= 15 is 0 Å². The van der Waals surface area contributed by atoms with Gasteiger partial charge in [-0.15, -0.1) is 11.6 Å². The van der Waals surface area contributed by atoms with Crippen LogP contribution in [0, 0.1) is 0 Å². The molecule has 20 heavy (non-hydrogen) atoms. The average molecular weight is 309 g/mol. The van der Waals surface area contributed by atoms with E-state index in [4.69, 9.17) is 11.6 Å². The van der Waals surface area contributed by atoms with E-state index in [-0.39, 0.29) is 0 Å². The number of aryl methyl sites for hydroxylation is 1. The van der Waals surface area contributed by atoms with Crippen LogP contribution in [0.5, 0.6) is 0 Å². The number of hydrogen-bond donors (Lipinski definition) is 1.